The number of benzene rings is 3. The molecule has 0 fully saturated rings. The quantitative estimate of drug-likeness (QED) is 0.361. The van der Waals surface area contributed by atoms with Crippen LogP contribution >= 0.6 is 23.4 Å². The van der Waals surface area contributed by atoms with Crippen molar-refractivity contribution in [1.82, 2.24) is 0 Å². The van der Waals surface area contributed by atoms with Crippen LogP contribution in [0.3, 0.4) is 0 Å². The minimum absolute atomic E-state index is 0.211. The molecule has 0 saturated carbocycles. The van der Waals surface area contributed by atoms with E-state index in [0.717, 1.165) is 10.6 Å². The maximum atomic E-state index is 13.4. The SMILES string of the molecule is CCOc1ccc(NC2=C(Sc3ccc(Cl)cc3)C(=O)N(c3ccc(OCC)cc3)C2=O)cc1. The molecule has 1 N–H and O–H groups in total. The average molecular weight is 495 g/mol. The Balaban J connectivity index is 1.67. The third-order valence-electron chi connectivity index (χ3n) is 4.92. The summed E-state index contributed by atoms with van der Waals surface area (Å²) in [5, 5.41) is 3.74. The van der Waals surface area contributed by atoms with Crippen LogP contribution in [0.25, 0.3) is 0 Å². The maximum absolute atomic E-state index is 13.4. The molecule has 2 amide bonds. The molecule has 34 heavy (non-hydrogen) atoms. The Morgan fingerprint density at radius 3 is 1.91 bits per heavy atom. The fourth-order valence-corrected chi connectivity index (χ4v) is 4.43. The third-order valence-corrected chi connectivity index (χ3v) is 6.26. The van der Waals surface area contributed by atoms with Crippen LogP contribution in [0.2, 0.25) is 5.02 Å². The molecule has 1 heterocycles. The van der Waals surface area contributed by atoms with Crippen LogP contribution < -0.4 is 19.7 Å². The molecule has 8 heteroatoms. The van der Waals surface area contributed by atoms with Gasteiger partial charge in [0.05, 0.1) is 18.9 Å². The van der Waals surface area contributed by atoms with Crippen molar-refractivity contribution in [3.63, 3.8) is 0 Å². The normalized spacial score (nSPS) is 13.4. The molecule has 3 aromatic carbocycles. The predicted molar refractivity (Wildman–Crippen MR) is 136 cm³/mol. The fourth-order valence-electron chi connectivity index (χ4n) is 3.37. The smallest absolute Gasteiger partial charge is 0.283 e. The van der Waals surface area contributed by atoms with E-state index >= 15 is 0 Å². The van der Waals surface area contributed by atoms with Gasteiger partial charge >= 0.3 is 0 Å². The first-order valence-electron chi connectivity index (χ1n) is 10.8. The summed E-state index contributed by atoms with van der Waals surface area (Å²) < 4.78 is 11.0. The van der Waals surface area contributed by atoms with Gasteiger partial charge in [-0.2, -0.15) is 0 Å². The summed E-state index contributed by atoms with van der Waals surface area (Å²) >= 11 is 7.22. The molecule has 3 aromatic rings. The zero-order valence-corrected chi connectivity index (χ0v) is 20.3. The van der Waals surface area contributed by atoms with Gasteiger partial charge in [-0.25, -0.2) is 4.90 Å². The average Bonchev–Trinajstić information content (AvgIpc) is 3.06. The third kappa shape index (κ3) is 5.21. The van der Waals surface area contributed by atoms with E-state index in [0.29, 0.717) is 40.3 Å². The van der Waals surface area contributed by atoms with Crippen LogP contribution in [-0.4, -0.2) is 25.0 Å². The molecule has 0 unspecified atom stereocenters. The van der Waals surface area contributed by atoms with E-state index in [9.17, 15) is 9.59 Å². The van der Waals surface area contributed by atoms with Gasteiger partial charge in [0.2, 0.25) is 0 Å². The molecular weight excluding hydrogens is 472 g/mol. The molecule has 0 spiro atoms. The molecule has 4 rings (SSSR count). The number of nitrogens with zero attached hydrogens (tertiary/aromatic N) is 1. The molecule has 0 aliphatic carbocycles. The van der Waals surface area contributed by atoms with E-state index in [-0.39, 0.29) is 5.70 Å². The number of anilines is 2. The lowest BCUT2D eigenvalue weighted by atomic mass is 10.2. The molecule has 0 radical (unpaired) electrons. The van der Waals surface area contributed by atoms with Crippen molar-refractivity contribution in [2.45, 2.75) is 18.7 Å². The second-order valence-corrected chi connectivity index (χ2v) is 8.74. The first-order chi connectivity index (χ1) is 16.5. The number of hydrogen-bond donors (Lipinski definition) is 1. The summed E-state index contributed by atoms with van der Waals surface area (Å²) in [5.74, 6) is 0.562. The van der Waals surface area contributed by atoms with Crippen LogP contribution in [0.5, 0.6) is 11.5 Å². The lowest BCUT2D eigenvalue weighted by Gasteiger charge is -2.16. The standard InChI is InChI=1S/C26H23ClN2O4S/c1-3-32-20-11-7-18(8-12-20)28-23-24(34-22-15-5-17(27)6-16-22)26(31)29(25(23)30)19-9-13-21(14-10-19)33-4-2/h5-16,28H,3-4H2,1-2H3. The monoisotopic (exact) mass is 494 g/mol. The van der Waals surface area contributed by atoms with E-state index < -0.39 is 11.8 Å². The number of halogens is 1. The second kappa shape index (κ2) is 10.7. The molecule has 0 aromatic heterocycles. The summed E-state index contributed by atoms with van der Waals surface area (Å²) in [4.78, 5) is 29.2. The second-order valence-electron chi connectivity index (χ2n) is 7.22. The number of nitrogens with one attached hydrogen (secondary N) is 1. The number of ether oxygens (including phenoxy) is 2. The minimum atomic E-state index is -0.431. The highest BCUT2D eigenvalue weighted by Crippen LogP contribution is 2.38. The summed E-state index contributed by atoms with van der Waals surface area (Å²) in [5.41, 5.74) is 1.35. The number of imide groups is 1. The topological polar surface area (TPSA) is 67.9 Å². The van der Waals surface area contributed by atoms with E-state index in [2.05, 4.69) is 5.32 Å². The van der Waals surface area contributed by atoms with Crippen molar-refractivity contribution in [2.75, 3.05) is 23.4 Å². The van der Waals surface area contributed by atoms with Crippen LogP contribution in [0, 0.1) is 0 Å². The van der Waals surface area contributed by atoms with Gasteiger partial charge in [-0.1, -0.05) is 23.4 Å². The van der Waals surface area contributed by atoms with Gasteiger partial charge in [0, 0.05) is 15.6 Å². The Labute approximate surface area is 207 Å². The van der Waals surface area contributed by atoms with Gasteiger partial charge < -0.3 is 14.8 Å². The Morgan fingerprint density at radius 1 is 0.794 bits per heavy atom. The van der Waals surface area contributed by atoms with Crippen LogP contribution in [0.15, 0.2) is 88.3 Å². The highest BCUT2D eigenvalue weighted by atomic mass is 35.5. The molecule has 1 aliphatic heterocycles. The number of carbonyl (C=O) groups excluding carboxylic acids is 2. The summed E-state index contributed by atoms with van der Waals surface area (Å²) in [6.45, 7) is 4.89. The van der Waals surface area contributed by atoms with Crippen molar-refractivity contribution in [3.8, 4) is 11.5 Å². The van der Waals surface area contributed by atoms with Crippen LogP contribution in [-0.2, 0) is 9.59 Å². The number of carbonyl (C=O) groups is 2. The Kier molecular flexibility index (Phi) is 7.45. The Morgan fingerprint density at radius 2 is 1.35 bits per heavy atom. The van der Waals surface area contributed by atoms with Crippen molar-refractivity contribution in [1.29, 1.82) is 0 Å². The Bertz CT molecular complexity index is 1210. The number of thioether (sulfide) groups is 1. The van der Waals surface area contributed by atoms with Crippen LogP contribution in [0.4, 0.5) is 11.4 Å². The molecular formula is C26H23ClN2O4S. The molecule has 174 valence electrons. The largest absolute Gasteiger partial charge is 0.494 e. The highest BCUT2D eigenvalue weighted by molar-refractivity contribution is 8.04. The van der Waals surface area contributed by atoms with Gasteiger partial charge in [0.15, 0.2) is 0 Å². The molecule has 0 atom stereocenters. The van der Waals surface area contributed by atoms with Gasteiger partial charge in [-0.15, -0.1) is 0 Å². The first kappa shape index (κ1) is 23.7. The van der Waals surface area contributed by atoms with E-state index in [1.54, 1.807) is 48.5 Å². The van der Waals surface area contributed by atoms with Crippen molar-refractivity contribution in [3.05, 3.63) is 88.4 Å². The zero-order chi connectivity index (χ0) is 24.1. The van der Waals surface area contributed by atoms with Crippen LogP contribution in [0.1, 0.15) is 13.8 Å². The van der Waals surface area contributed by atoms with Gasteiger partial charge in [0.25, 0.3) is 11.8 Å². The first-order valence-corrected chi connectivity index (χ1v) is 12.0. The minimum Gasteiger partial charge on any atom is -0.494 e. The van der Waals surface area contributed by atoms with Gasteiger partial charge in [-0.3, -0.25) is 9.59 Å². The van der Waals surface area contributed by atoms with E-state index in [4.69, 9.17) is 21.1 Å². The number of rotatable bonds is 9. The lowest BCUT2D eigenvalue weighted by Crippen LogP contribution is -2.32. The predicted octanol–water partition coefficient (Wildman–Crippen LogP) is 6.13. The van der Waals surface area contributed by atoms with Crippen molar-refractivity contribution < 1.29 is 19.1 Å². The van der Waals surface area contributed by atoms with Crippen molar-refractivity contribution >= 4 is 46.6 Å². The highest BCUT2D eigenvalue weighted by Gasteiger charge is 2.40. The summed E-state index contributed by atoms with van der Waals surface area (Å²) in [6.07, 6.45) is 0. The lowest BCUT2D eigenvalue weighted by molar-refractivity contribution is -0.120. The van der Waals surface area contributed by atoms with E-state index in [1.807, 2.05) is 38.1 Å². The zero-order valence-electron chi connectivity index (χ0n) is 18.7. The molecule has 0 saturated heterocycles. The van der Waals surface area contributed by atoms with E-state index in [1.165, 1.54) is 16.7 Å². The van der Waals surface area contributed by atoms with Gasteiger partial charge in [-0.05, 0) is 86.6 Å². The number of hydrogen-bond acceptors (Lipinski definition) is 6. The van der Waals surface area contributed by atoms with Gasteiger partial charge in [0.1, 0.15) is 22.1 Å². The molecule has 0 bridgehead atoms. The molecule has 1 aliphatic rings. The molecule has 6 nitrogen and oxygen atoms in total. The van der Waals surface area contributed by atoms with Crippen molar-refractivity contribution in [2.24, 2.45) is 0 Å². The summed E-state index contributed by atoms with van der Waals surface area (Å²) in [6, 6.07) is 21.2. The fraction of sp³-hybridized carbons (Fsp3) is 0.154. The number of amides is 2. The maximum Gasteiger partial charge on any atom is 0.283 e. The summed E-state index contributed by atoms with van der Waals surface area (Å²) in [7, 11) is 0. The Hall–Kier alpha value is -3.42.